The zero-order chi connectivity index (χ0) is 35.3. The lowest BCUT2D eigenvalue weighted by Crippen LogP contribution is -2.47. The topological polar surface area (TPSA) is 123 Å². The molecule has 3 aromatic carbocycles. The Labute approximate surface area is 290 Å². The first-order chi connectivity index (χ1) is 23.9. The number of carbonyl (C=O) groups is 3. The predicted molar refractivity (Wildman–Crippen MR) is 191 cm³/mol. The van der Waals surface area contributed by atoms with Gasteiger partial charge < -0.3 is 30.0 Å². The molecule has 49 heavy (non-hydrogen) atoms. The van der Waals surface area contributed by atoms with Crippen molar-refractivity contribution in [3.63, 3.8) is 0 Å². The van der Waals surface area contributed by atoms with Crippen LogP contribution in [0, 0.1) is 5.92 Å². The first-order valence-corrected chi connectivity index (χ1v) is 16.8. The molecule has 0 radical (unpaired) electrons. The molecule has 9 nitrogen and oxygen atoms in total. The van der Waals surface area contributed by atoms with E-state index >= 15 is 0 Å². The van der Waals surface area contributed by atoms with Crippen molar-refractivity contribution < 1.29 is 33.7 Å². The molecule has 0 unspecified atom stereocenters. The van der Waals surface area contributed by atoms with Gasteiger partial charge in [0.05, 0.1) is 31.2 Å². The Morgan fingerprint density at radius 3 is 2.18 bits per heavy atom. The highest BCUT2D eigenvalue weighted by molar-refractivity contribution is 5.86. The Kier molecular flexibility index (Phi) is 17.4. The fraction of sp³-hybridized carbons (Fsp3) is 0.375. The van der Waals surface area contributed by atoms with E-state index in [-0.39, 0.29) is 44.4 Å². The lowest BCUT2D eigenvalue weighted by Gasteiger charge is -2.29. The fourth-order valence-electron chi connectivity index (χ4n) is 5.37. The predicted octanol–water partition coefficient (Wildman–Crippen LogP) is 6.03. The molecular weight excluding hydrogens is 620 g/mol. The van der Waals surface area contributed by atoms with Gasteiger partial charge in [0, 0.05) is 20.0 Å². The quantitative estimate of drug-likeness (QED) is 0.0640. The number of unbranched alkanes of at least 4 members (excludes halogenated alkanes) is 2. The van der Waals surface area contributed by atoms with Gasteiger partial charge in [-0.3, -0.25) is 14.4 Å². The van der Waals surface area contributed by atoms with Crippen molar-refractivity contribution in [2.24, 2.45) is 5.92 Å². The number of methoxy groups -OCH3 is 1. The normalized spacial score (nSPS) is 13.3. The summed E-state index contributed by atoms with van der Waals surface area (Å²) in [6, 6.07) is 25.3. The minimum absolute atomic E-state index is 0.0741. The summed E-state index contributed by atoms with van der Waals surface area (Å²) in [6.07, 6.45) is 5.65. The van der Waals surface area contributed by atoms with Gasteiger partial charge in [-0.15, -0.1) is 13.2 Å². The molecule has 0 spiro atoms. The molecule has 2 amide bonds. The molecule has 4 atom stereocenters. The molecule has 0 saturated heterocycles. The van der Waals surface area contributed by atoms with E-state index in [9.17, 15) is 19.5 Å². The minimum atomic E-state index is -0.802. The van der Waals surface area contributed by atoms with E-state index in [2.05, 4.69) is 23.8 Å². The maximum absolute atomic E-state index is 13.6. The number of aliphatic hydroxyl groups is 1. The van der Waals surface area contributed by atoms with Crippen molar-refractivity contribution in [2.75, 3.05) is 20.3 Å². The van der Waals surface area contributed by atoms with E-state index in [1.807, 2.05) is 91.0 Å². The SMILES string of the molecule is C=CCCCCC(=O)O[C@@H](c1ccccc1)[C@H](COC)NC(=O)[C@@H](CC=C)CC(=O)N[C@H](CO)Cc1ccc(OCc2ccccc2)cc1. The molecular formula is C40H50N2O7. The van der Waals surface area contributed by atoms with E-state index in [1.54, 1.807) is 6.08 Å². The number of ether oxygens (including phenoxy) is 3. The van der Waals surface area contributed by atoms with Gasteiger partial charge in [0.25, 0.3) is 0 Å². The molecule has 0 saturated carbocycles. The fourth-order valence-corrected chi connectivity index (χ4v) is 5.37. The van der Waals surface area contributed by atoms with Gasteiger partial charge in [0.1, 0.15) is 18.5 Å². The van der Waals surface area contributed by atoms with Gasteiger partial charge >= 0.3 is 5.97 Å². The van der Waals surface area contributed by atoms with Crippen LogP contribution in [-0.2, 0) is 36.9 Å². The van der Waals surface area contributed by atoms with Gasteiger partial charge in [0.2, 0.25) is 11.8 Å². The zero-order valence-electron chi connectivity index (χ0n) is 28.4. The Hall–Kier alpha value is -4.73. The number of amides is 2. The van der Waals surface area contributed by atoms with Crippen molar-refractivity contribution in [3.8, 4) is 5.75 Å². The van der Waals surface area contributed by atoms with Crippen LogP contribution >= 0.6 is 0 Å². The Morgan fingerprint density at radius 1 is 0.857 bits per heavy atom. The summed E-state index contributed by atoms with van der Waals surface area (Å²) in [4.78, 5) is 39.6. The van der Waals surface area contributed by atoms with Gasteiger partial charge in [0.15, 0.2) is 0 Å². The monoisotopic (exact) mass is 670 g/mol. The molecule has 0 aliphatic carbocycles. The number of benzene rings is 3. The number of aliphatic hydroxyl groups excluding tert-OH is 1. The summed E-state index contributed by atoms with van der Waals surface area (Å²) in [7, 11) is 1.51. The van der Waals surface area contributed by atoms with E-state index < -0.39 is 30.0 Å². The van der Waals surface area contributed by atoms with E-state index in [1.165, 1.54) is 7.11 Å². The van der Waals surface area contributed by atoms with Gasteiger partial charge in [-0.25, -0.2) is 0 Å². The van der Waals surface area contributed by atoms with Crippen LogP contribution in [-0.4, -0.2) is 55.3 Å². The highest BCUT2D eigenvalue weighted by Gasteiger charge is 2.31. The van der Waals surface area contributed by atoms with Crippen LogP contribution in [0.3, 0.4) is 0 Å². The van der Waals surface area contributed by atoms with Crippen molar-refractivity contribution >= 4 is 17.8 Å². The van der Waals surface area contributed by atoms with Gasteiger partial charge in [-0.1, -0.05) is 84.9 Å². The molecule has 0 aliphatic rings. The Bertz CT molecular complexity index is 1430. The average molecular weight is 671 g/mol. The standard InChI is InChI=1S/C40H50N2O7/c1-4-6-7-14-20-38(45)49-39(32-18-12-9-13-19-32)36(29-47-3)42-40(46)33(15-5-2)26-37(44)41-34(27-43)25-30-21-23-35(24-22-30)48-28-31-16-10-8-11-17-31/h4-5,8-13,16-19,21-24,33-34,36,39,43H,1-2,6-7,14-15,20,25-29H2,3H3,(H,41,44)(H,42,46)/t33-,34-,36-,39-/m0/s1. The summed E-state index contributed by atoms with van der Waals surface area (Å²) < 4.78 is 17.2. The third-order valence-corrected chi connectivity index (χ3v) is 7.96. The molecule has 0 bridgehead atoms. The van der Waals surface area contributed by atoms with Crippen LogP contribution in [0.4, 0.5) is 0 Å². The number of rotatable bonds is 23. The highest BCUT2D eigenvalue weighted by atomic mass is 16.5. The summed E-state index contributed by atoms with van der Waals surface area (Å²) in [5, 5.41) is 15.9. The van der Waals surface area contributed by atoms with Crippen molar-refractivity contribution in [1.29, 1.82) is 0 Å². The van der Waals surface area contributed by atoms with Crippen molar-refractivity contribution in [2.45, 2.75) is 69.7 Å². The number of carbonyl (C=O) groups excluding carboxylic acids is 3. The molecule has 0 aromatic heterocycles. The number of hydrogen-bond acceptors (Lipinski definition) is 7. The molecule has 3 N–H and O–H groups in total. The molecule has 9 heteroatoms. The average Bonchev–Trinajstić information content (AvgIpc) is 3.12. The first-order valence-electron chi connectivity index (χ1n) is 16.8. The van der Waals surface area contributed by atoms with Crippen LogP contribution in [0.15, 0.2) is 110 Å². The maximum atomic E-state index is 13.6. The summed E-state index contributed by atoms with van der Waals surface area (Å²) in [5.41, 5.74) is 2.69. The lowest BCUT2D eigenvalue weighted by atomic mass is 9.97. The maximum Gasteiger partial charge on any atom is 0.306 e. The Morgan fingerprint density at radius 2 is 1.55 bits per heavy atom. The number of hydrogen-bond donors (Lipinski definition) is 3. The number of nitrogens with one attached hydrogen (secondary N) is 2. The zero-order valence-corrected chi connectivity index (χ0v) is 28.4. The molecule has 0 aliphatic heterocycles. The lowest BCUT2D eigenvalue weighted by molar-refractivity contribution is -0.153. The number of allylic oxidation sites excluding steroid dienone is 2. The summed E-state index contributed by atoms with van der Waals surface area (Å²) in [6.45, 7) is 7.75. The molecule has 3 rings (SSSR count). The van der Waals surface area contributed by atoms with Crippen LogP contribution < -0.4 is 15.4 Å². The van der Waals surface area contributed by atoms with Crippen LogP contribution in [0.25, 0.3) is 0 Å². The van der Waals surface area contributed by atoms with E-state index in [0.717, 1.165) is 29.7 Å². The van der Waals surface area contributed by atoms with E-state index in [4.69, 9.17) is 14.2 Å². The van der Waals surface area contributed by atoms with Gasteiger partial charge in [-0.2, -0.15) is 0 Å². The summed E-state index contributed by atoms with van der Waals surface area (Å²) in [5.74, 6) is -1.18. The molecule has 0 heterocycles. The second kappa shape index (κ2) is 22.0. The largest absolute Gasteiger partial charge is 0.489 e. The van der Waals surface area contributed by atoms with Gasteiger partial charge in [-0.05, 0) is 60.9 Å². The third-order valence-electron chi connectivity index (χ3n) is 7.96. The first kappa shape index (κ1) is 38.7. The number of esters is 1. The highest BCUT2D eigenvalue weighted by Crippen LogP contribution is 2.24. The third kappa shape index (κ3) is 14.1. The smallest absolute Gasteiger partial charge is 0.306 e. The second-order valence-electron chi connectivity index (χ2n) is 11.9. The van der Waals surface area contributed by atoms with Crippen LogP contribution in [0.5, 0.6) is 5.75 Å². The molecule has 3 aromatic rings. The Balaban J connectivity index is 1.61. The van der Waals surface area contributed by atoms with Crippen LogP contribution in [0.1, 0.15) is 61.3 Å². The van der Waals surface area contributed by atoms with Crippen molar-refractivity contribution in [1.82, 2.24) is 10.6 Å². The minimum Gasteiger partial charge on any atom is -0.489 e. The summed E-state index contributed by atoms with van der Waals surface area (Å²) >= 11 is 0. The molecule has 0 fully saturated rings. The second-order valence-corrected chi connectivity index (χ2v) is 11.9. The molecule has 262 valence electrons. The van der Waals surface area contributed by atoms with Crippen LogP contribution in [0.2, 0.25) is 0 Å². The van der Waals surface area contributed by atoms with E-state index in [0.29, 0.717) is 25.0 Å². The van der Waals surface area contributed by atoms with Crippen molar-refractivity contribution in [3.05, 3.63) is 127 Å².